The molecule has 0 unspecified atom stereocenters. The Kier molecular flexibility index (Phi) is 4.32. The maximum Gasteiger partial charge on any atom is 0.315 e. The van der Waals surface area contributed by atoms with E-state index in [0.29, 0.717) is 11.7 Å². The second-order valence-corrected chi connectivity index (χ2v) is 6.20. The lowest BCUT2D eigenvalue weighted by Crippen LogP contribution is -2.48. The number of urea groups is 1. The number of carbonyl (C=O) groups excluding carboxylic acids is 1. The van der Waals surface area contributed by atoms with E-state index in [0.717, 1.165) is 25.7 Å². The Balaban J connectivity index is 1.68. The second kappa shape index (κ2) is 6.40. The first-order valence-electron chi connectivity index (χ1n) is 8.00. The predicted molar refractivity (Wildman–Crippen MR) is 85.7 cm³/mol. The predicted octanol–water partition coefficient (Wildman–Crippen LogP) is 2.96. The summed E-state index contributed by atoms with van der Waals surface area (Å²) in [5.74, 6) is 0.975. The molecule has 0 atom stereocenters. The smallest absolute Gasteiger partial charge is 0.315 e. The largest absolute Gasteiger partial charge is 0.337 e. The number of benzene rings is 1. The highest BCUT2D eigenvalue weighted by molar-refractivity contribution is 5.75. The van der Waals surface area contributed by atoms with Gasteiger partial charge in [0.25, 0.3) is 0 Å². The van der Waals surface area contributed by atoms with Gasteiger partial charge in [-0.3, -0.25) is 0 Å². The monoisotopic (exact) mass is 314 g/mol. The summed E-state index contributed by atoms with van der Waals surface area (Å²) in [5.41, 5.74) is 2.11. The topological polar surface area (TPSA) is 80.0 Å². The molecule has 6 nitrogen and oxygen atoms in total. The molecular formula is C17H22N4O2. The first-order valence-corrected chi connectivity index (χ1v) is 8.00. The van der Waals surface area contributed by atoms with E-state index in [2.05, 4.69) is 45.9 Å². The minimum Gasteiger partial charge on any atom is -0.337 e. The van der Waals surface area contributed by atoms with Crippen molar-refractivity contribution < 1.29 is 9.32 Å². The fraction of sp³-hybridized carbons (Fsp3) is 0.471. The summed E-state index contributed by atoms with van der Waals surface area (Å²) in [5, 5.41) is 9.69. The van der Waals surface area contributed by atoms with Crippen molar-refractivity contribution in [2.45, 2.75) is 51.6 Å². The minimum absolute atomic E-state index is 0.204. The molecule has 2 aromatic rings. The first-order chi connectivity index (χ1) is 11.1. The van der Waals surface area contributed by atoms with Gasteiger partial charge in [0.1, 0.15) is 0 Å². The van der Waals surface area contributed by atoms with Gasteiger partial charge in [-0.1, -0.05) is 47.8 Å². The van der Waals surface area contributed by atoms with Crippen molar-refractivity contribution in [3.8, 4) is 0 Å². The van der Waals surface area contributed by atoms with Gasteiger partial charge in [0.2, 0.25) is 5.89 Å². The second-order valence-electron chi connectivity index (χ2n) is 6.20. The van der Waals surface area contributed by atoms with Gasteiger partial charge in [-0.15, -0.1) is 0 Å². The molecule has 1 aromatic heterocycles. The van der Waals surface area contributed by atoms with Gasteiger partial charge < -0.3 is 15.2 Å². The lowest BCUT2D eigenvalue weighted by molar-refractivity contribution is 0.222. The van der Waals surface area contributed by atoms with Crippen LogP contribution in [-0.2, 0) is 12.1 Å². The third-order valence-corrected chi connectivity index (χ3v) is 4.35. The number of amides is 2. The van der Waals surface area contributed by atoms with Crippen LogP contribution in [0.25, 0.3) is 0 Å². The fourth-order valence-corrected chi connectivity index (χ4v) is 3.24. The SMILES string of the molecule is Cc1cccc(C2(NC(=O)NCc3nc(C)no3)CCCC2)c1. The number of nitrogens with zero attached hydrogens (tertiary/aromatic N) is 2. The number of aromatic nitrogens is 2. The number of carbonyl (C=O) groups is 1. The summed E-state index contributed by atoms with van der Waals surface area (Å²) in [6.07, 6.45) is 4.17. The zero-order valence-corrected chi connectivity index (χ0v) is 13.6. The highest BCUT2D eigenvalue weighted by Gasteiger charge is 2.37. The molecule has 0 bridgehead atoms. The number of nitrogens with one attached hydrogen (secondary N) is 2. The highest BCUT2D eigenvalue weighted by Crippen LogP contribution is 2.38. The van der Waals surface area contributed by atoms with Gasteiger partial charge in [0.15, 0.2) is 5.82 Å². The molecule has 23 heavy (non-hydrogen) atoms. The molecule has 1 aliphatic rings. The standard InChI is InChI=1S/C17H22N4O2/c1-12-6-5-7-14(10-12)17(8-3-4-9-17)20-16(22)18-11-15-19-13(2)21-23-15/h5-7,10H,3-4,8-9,11H2,1-2H3,(H2,18,20,22). The van der Waals surface area contributed by atoms with Crippen LogP contribution in [0, 0.1) is 13.8 Å². The lowest BCUT2D eigenvalue weighted by atomic mass is 9.87. The van der Waals surface area contributed by atoms with Crippen LogP contribution in [0.4, 0.5) is 4.79 Å². The van der Waals surface area contributed by atoms with E-state index < -0.39 is 0 Å². The average molecular weight is 314 g/mol. The maximum atomic E-state index is 12.3. The normalized spacial score (nSPS) is 16.3. The van der Waals surface area contributed by atoms with Crippen LogP contribution < -0.4 is 10.6 Å². The molecule has 0 aliphatic heterocycles. The Hall–Kier alpha value is -2.37. The van der Waals surface area contributed by atoms with Gasteiger partial charge >= 0.3 is 6.03 Å². The van der Waals surface area contributed by atoms with Crippen LogP contribution in [0.3, 0.4) is 0 Å². The molecular weight excluding hydrogens is 292 g/mol. The quantitative estimate of drug-likeness (QED) is 0.909. The van der Waals surface area contributed by atoms with Gasteiger partial charge in [0.05, 0.1) is 12.1 Å². The molecule has 1 aliphatic carbocycles. The van der Waals surface area contributed by atoms with E-state index >= 15 is 0 Å². The molecule has 1 saturated carbocycles. The summed E-state index contributed by atoms with van der Waals surface area (Å²) in [6, 6.07) is 8.17. The van der Waals surface area contributed by atoms with Crippen molar-refractivity contribution in [2.75, 3.05) is 0 Å². The van der Waals surface area contributed by atoms with Gasteiger partial charge in [-0.25, -0.2) is 4.79 Å². The summed E-state index contributed by atoms with van der Waals surface area (Å²) < 4.78 is 5.01. The van der Waals surface area contributed by atoms with E-state index in [1.807, 2.05) is 6.07 Å². The van der Waals surface area contributed by atoms with Crippen molar-refractivity contribution in [3.63, 3.8) is 0 Å². The van der Waals surface area contributed by atoms with Gasteiger partial charge in [-0.05, 0) is 32.3 Å². The Bertz CT molecular complexity index is 689. The molecule has 1 aromatic carbocycles. The number of aryl methyl sites for hydroxylation is 2. The highest BCUT2D eigenvalue weighted by atomic mass is 16.5. The van der Waals surface area contributed by atoms with E-state index in [1.165, 1.54) is 11.1 Å². The molecule has 122 valence electrons. The van der Waals surface area contributed by atoms with E-state index in [4.69, 9.17) is 4.52 Å². The maximum absolute atomic E-state index is 12.3. The van der Waals surface area contributed by atoms with Crippen molar-refractivity contribution in [2.24, 2.45) is 0 Å². The third-order valence-electron chi connectivity index (χ3n) is 4.35. The zero-order valence-electron chi connectivity index (χ0n) is 13.6. The molecule has 0 saturated heterocycles. The zero-order chi connectivity index (χ0) is 16.3. The average Bonchev–Trinajstić information content (AvgIpc) is 3.15. The molecule has 2 amide bonds. The van der Waals surface area contributed by atoms with E-state index in [1.54, 1.807) is 6.92 Å². The van der Waals surface area contributed by atoms with E-state index in [9.17, 15) is 4.79 Å². The summed E-state index contributed by atoms with van der Waals surface area (Å²) in [6.45, 7) is 4.05. The van der Waals surface area contributed by atoms with Crippen molar-refractivity contribution in [3.05, 3.63) is 47.1 Å². The number of hydrogen-bond acceptors (Lipinski definition) is 4. The fourth-order valence-electron chi connectivity index (χ4n) is 3.24. The Morgan fingerprint density at radius 1 is 1.30 bits per heavy atom. The van der Waals surface area contributed by atoms with Crippen LogP contribution in [0.1, 0.15) is 48.5 Å². The first kappa shape index (κ1) is 15.5. The lowest BCUT2D eigenvalue weighted by Gasteiger charge is -2.31. The summed E-state index contributed by atoms with van der Waals surface area (Å²) in [7, 11) is 0. The van der Waals surface area contributed by atoms with Crippen molar-refractivity contribution in [1.82, 2.24) is 20.8 Å². The van der Waals surface area contributed by atoms with Gasteiger partial charge in [-0.2, -0.15) is 4.98 Å². The molecule has 0 spiro atoms. The Morgan fingerprint density at radius 2 is 2.09 bits per heavy atom. The number of rotatable bonds is 4. The van der Waals surface area contributed by atoms with Crippen molar-refractivity contribution >= 4 is 6.03 Å². The van der Waals surface area contributed by atoms with Crippen LogP contribution in [0.2, 0.25) is 0 Å². The Morgan fingerprint density at radius 3 is 2.74 bits per heavy atom. The molecule has 1 heterocycles. The summed E-state index contributed by atoms with van der Waals surface area (Å²) in [4.78, 5) is 16.4. The van der Waals surface area contributed by atoms with Crippen molar-refractivity contribution in [1.29, 1.82) is 0 Å². The third kappa shape index (κ3) is 3.52. The van der Waals surface area contributed by atoms with Crippen LogP contribution in [0.15, 0.2) is 28.8 Å². The molecule has 1 fully saturated rings. The molecule has 3 rings (SSSR count). The Labute approximate surface area is 135 Å². The molecule has 0 radical (unpaired) electrons. The van der Waals surface area contributed by atoms with Crippen LogP contribution in [0.5, 0.6) is 0 Å². The summed E-state index contributed by atoms with van der Waals surface area (Å²) >= 11 is 0. The number of hydrogen-bond donors (Lipinski definition) is 2. The minimum atomic E-state index is -0.277. The van der Waals surface area contributed by atoms with Gasteiger partial charge in [0, 0.05) is 0 Å². The molecule has 2 N–H and O–H groups in total. The molecule has 6 heteroatoms. The van der Waals surface area contributed by atoms with Crippen LogP contribution >= 0.6 is 0 Å². The van der Waals surface area contributed by atoms with Crippen LogP contribution in [-0.4, -0.2) is 16.2 Å². The van der Waals surface area contributed by atoms with E-state index in [-0.39, 0.29) is 18.1 Å².